The average molecular weight is 239 g/mol. The van der Waals surface area contributed by atoms with E-state index in [-0.39, 0.29) is 6.42 Å². The molecule has 2 N–H and O–H groups in total. The number of rotatable bonds is 6. The van der Waals surface area contributed by atoms with Gasteiger partial charge in [0.15, 0.2) is 0 Å². The number of hydrogen-bond donors (Lipinski definition) is 2. The molecule has 0 saturated carbocycles. The van der Waals surface area contributed by atoms with E-state index < -0.39 is 5.97 Å². The van der Waals surface area contributed by atoms with Crippen LogP contribution in [0.1, 0.15) is 34.6 Å². The Kier molecular flexibility index (Phi) is 3.96. The number of carbonyl (C=O) groups is 1. The fraction of sp³-hybridized carbons (Fsp3) is 0.583. The van der Waals surface area contributed by atoms with Crippen molar-refractivity contribution in [1.82, 2.24) is 5.32 Å². The van der Waals surface area contributed by atoms with E-state index in [4.69, 9.17) is 5.11 Å². The molecule has 0 fully saturated rings. The molecule has 4 heteroatoms. The quantitative estimate of drug-likeness (QED) is 0.748. The lowest BCUT2D eigenvalue weighted by Crippen LogP contribution is -2.15. The fourth-order valence-electron chi connectivity index (χ4n) is 2.05. The van der Waals surface area contributed by atoms with Gasteiger partial charge in [0, 0.05) is 22.7 Å². The molecule has 2 rings (SSSR count). The third kappa shape index (κ3) is 3.06. The molecule has 0 amide bonds. The predicted octanol–water partition coefficient (Wildman–Crippen LogP) is 2.19. The van der Waals surface area contributed by atoms with Crippen molar-refractivity contribution in [3.05, 3.63) is 21.4 Å². The number of hydrogen-bond acceptors (Lipinski definition) is 3. The lowest BCUT2D eigenvalue weighted by molar-refractivity contribution is -0.137. The summed E-state index contributed by atoms with van der Waals surface area (Å²) in [6, 6.07) is 2.30. The summed E-state index contributed by atoms with van der Waals surface area (Å²) in [4.78, 5) is 13.2. The first-order chi connectivity index (χ1) is 7.75. The molecule has 1 aromatic rings. The van der Waals surface area contributed by atoms with Crippen LogP contribution >= 0.6 is 11.3 Å². The Morgan fingerprint density at radius 1 is 1.50 bits per heavy atom. The number of carboxylic acid groups (broad SMARTS) is 1. The maximum atomic E-state index is 10.3. The van der Waals surface area contributed by atoms with E-state index >= 15 is 0 Å². The largest absolute Gasteiger partial charge is 0.481 e. The summed E-state index contributed by atoms with van der Waals surface area (Å²) in [6.07, 6.45) is 4.77. The van der Waals surface area contributed by atoms with Gasteiger partial charge in [-0.2, -0.15) is 0 Å². The van der Waals surface area contributed by atoms with Crippen LogP contribution in [0.15, 0.2) is 6.07 Å². The third-order valence-electron chi connectivity index (χ3n) is 2.84. The highest BCUT2D eigenvalue weighted by molar-refractivity contribution is 7.12. The molecule has 0 radical (unpaired) electrons. The molecule has 16 heavy (non-hydrogen) atoms. The molecule has 0 atom stereocenters. The van der Waals surface area contributed by atoms with Gasteiger partial charge in [0.25, 0.3) is 0 Å². The van der Waals surface area contributed by atoms with Gasteiger partial charge in [-0.25, -0.2) is 0 Å². The molecule has 0 unspecified atom stereocenters. The first-order valence-electron chi connectivity index (χ1n) is 5.78. The summed E-state index contributed by atoms with van der Waals surface area (Å²) < 4.78 is 0. The molecule has 0 aliphatic heterocycles. The summed E-state index contributed by atoms with van der Waals surface area (Å²) in [5.41, 5.74) is 1.53. The zero-order valence-electron chi connectivity index (χ0n) is 9.29. The second kappa shape index (κ2) is 5.46. The van der Waals surface area contributed by atoms with Gasteiger partial charge in [0.2, 0.25) is 0 Å². The SMILES string of the molecule is O=C(O)CCCNCc1cc2c(s1)CCC2. The molecule has 1 aliphatic carbocycles. The fourth-order valence-corrected chi connectivity index (χ4v) is 3.28. The Bertz CT molecular complexity index is 352. The summed E-state index contributed by atoms with van der Waals surface area (Å²) in [5.74, 6) is -0.711. The Morgan fingerprint density at radius 2 is 2.38 bits per heavy atom. The number of nitrogens with one attached hydrogen (secondary N) is 1. The van der Waals surface area contributed by atoms with Crippen LogP contribution in [0.5, 0.6) is 0 Å². The van der Waals surface area contributed by atoms with Crippen molar-refractivity contribution < 1.29 is 9.90 Å². The topological polar surface area (TPSA) is 49.3 Å². The van der Waals surface area contributed by atoms with Gasteiger partial charge < -0.3 is 10.4 Å². The van der Waals surface area contributed by atoms with Crippen LogP contribution in [0.3, 0.4) is 0 Å². The zero-order chi connectivity index (χ0) is 11.4. The maximum absolute atomic E-state index is 10.3. The molecule has 0 aromatic carbocycles. The monoisotopic (exact) mass is 239 g/mol. The second-order valence-corrected chi connectivity index (χ2v) is 5.41. The predicted molar refractivity (Wildman–Crippen MR) is 64.9 cm³/mol. The molecular formula is C12H17NO2S. The molecule has 0 spiro atoms. The molecule has 1 aliphatic rings. The molecule has 3 nitrogen and oxygen atoms in total. The van der Waals surface area contributed by atoms with Crippen LogP contribution in [0.2, 0.25) is 0 Å². The number of aryl methyl sites for hydroxylation is 2. The van der Waals surface area contributed by atoms with Crippen LogP contribution in [0.4, 0.5) is 0 Å². The van der Waals surface area contributed by atoms with E-state index in [0.29, 0.717) is 6.42 Å². The van der Waals surface area contributed by atoms with Gasteiger partial charge in [-0.1, -0.05) is 0 Å². The van der Waals surface area contributed by atoms with Crippen molar-refractivity contribution in [2.24, 2.45) is 0 Å². The minimum atomic E-state index is -0.711. The van der Waals surface area contributed by atoms with Crippen LogP contribution in [-0.2, 0) is 24.2 Å². The minimum absolute atomic E-state index is 0.258. The average Bonchev–Trinajstić information content (AvgIpc) is 2.76. The smallest absolute Gasteiger partial charge is 0.303 e. The standard InChI is InChI=1S/C12H17NO2S/c14-12(15)5-2-6-13-8-10-7-9-3-1-4-11(9)16-10/h7,13H,1-6,8H2,(H,14,15). The Balaban J connectivity index is 1.67. The van der Waals surface area contributed by atoms with Crippen molar-refractivity contribution >= 4 is 17.3 Å². The molecular weight excluding hydrogens is 222 g/mol. The van der Waals surface area contributed by atoms with E-state index in [1.807, 2.05) is 11.3 Å². The minimum Gasteiger partial charge on any atom is -0.481 e. The molecule has 88 valence electrons. The summed E-state index contributed by atoms with van der Waals surface area (Å²) in [7, 11) is 0. The first-order valence-corrected chi connectivity index (χ1v) is 6.60. The van der Waals surface area contributed by atoms with Crippen molar-refractivity contribution in [1.29, 1.82) is 0 Å². The van der Waals surface area contributed by atoms with Crippen LogP contribution in [0, 0.1) is 0 Å². The Hall–Kier alpha value is -0.870. The van der Waals surface area contributed by atoms with E-state index in [9.17, 15) is 4.79 Å². The molecule has 0 bridgehead atoms. The number of aliphatic carboxylic acids is 1. The number of carboxylic acids is 1. The third-order valence-corrected chi connectivity index (χ3v) is 4.08. The van der Waals surface area contributed by atoms with Gasteiger partial charge in [0.05, 0.1) is 0 Å². The van der Waals surface area contributed by atoms with Crippen LogP contribution < -0.4 is 5.32 Å². The summed E-state index contributed by atoms with van der Waals surface area (Å²) in [6.45, 7) is 1.67. The number of thiophene rings is 1. The van der Waals surface area contributed by atoms with Crippen LogP contribution in [0.25, 0.3) is 0 Å². The van der Waals surface area contributed by atoms with Gasteiger partial charge in [-0.05, 0) is 43.9 Å². The van der Waals surface area contributed by atoms with Crippen molar-refractivity contribution in [3.63, 3.8) is 0 Å². The second-order valence-electron chi connectivity index (χ2n) is 4.19. The van der Waals surface area contributed by atoms with Crippen molar-refractivity contribution in [2.75, 3.05) is 6.54 Å². The number of fused-ring (bicyclic) bond motifs is 1. The Labute approximate surface area is 99.5 Å². The van der Waals surface area contributed by atoms with Gasteiger partial charge in [0.1, 0.15) is 0 Å². The highest BCUT2D eigenvalue weighted by Crippen LogP contribution is 2.30. The highest BCUT2D eigenvalue weighted by Gasteiger charge is 2.14. The lowest BCUT2D eigenvalue weighted by Gasteiger charge is -2.01. The normalized spacial score (nSPS) is 14.0. The van der Waals surface area contributed by atoms with E-state index in [2.05, 4.69) is 11.4 Å². The molecule has 1 heterocycles. The maximum Gasteiger partial charge on any atom is 0.303 e. The highest BCUT2D eigenvalue weighted by atomic mass is 32.1. The van der Waals surface area contributed by atoms with Gasteiger partial charge >= 0.3 is 5.97 Å². The van der Waals surface area contributed by atoms with E-state index in [1.54, 1.807) is 4.88 Å². The summed E-state index contributed by atoms with van der Waals surface area (Å²) >= 11 is 1.91. The Morgan fingerprint density at radius 3 is 3.12 bits per heavy atom. The van der Waals surface area contributed by atoms with E-state index in [1.165, 1.54) is 29.7 Å². The summed E-state index contributed by atoms with van der Waals surface area (Å²) in [5, 5.41) is 11.8. The van der Waals surface area contributed by atoms with Crippen molar-refractivity contribution in [2.45, 2.75) is 38.6 Å². The van der Waals surface area contributed by atoms with Gasteiger partial charge in [-0.15, -0.1) is 11.3 Å². The van der Waals surface area contributed by atoms with Gasteiger partial charge in [-0.3, -0.25) is 4.79 Å². The van der Waals surface area contributed by atoms with Crippen molar-refractivity contribution in [3.8, 4) is 0 Å². The molecule has 1 aromatic heterocycles. The first kappa shape index (κ1) is 11.6. The zero-order valence-corrected chi connectivity index (χ0v) is 10.1. The van der Waals surface area contributed by atoms with E-state index in [0.717, 1.165) is 13.1 Å². The molecule has 0 saturated heterocycles. The lowest BCUT2D eigenvalue weighted by atomic mass is 10.2. The van der Waals surface area contributed by atoms with Crippen LogP contribution in [-0.4, -0.2) is 17.6 Å².